The van der Waals surface area contributed by atoms with Crippen LogP contribution < -0.4 is 4.57 Å². The molecule has 0 spiro atoms. The summed E-state index contributed by atoms with van der Waals surface area (Å²) in [6, 6.07) is 17.0. The van der Waals surface area contributed by atoms with E-state index in [1.165, 1.54) is 0 Å². The average Bonchev–Trinajstić information content (AvgIpc) is 3.29. The number of hydrogen-bond donors (Lipinski definition) is 0. The Bertz CT molecular complexity index is 1880. The second-order valence-corrected chi connectivity index (χ2v) is 9.25. The lowest BCUT2D eigenvalue weighted by atomic mass is 9.90. The SMILES string of the molecule is [2H]c1c(C([2H])([2H])C(C)C)c(C([2H])([2H])[2H])c(C)[n+](C)c1-c1c(C)cc(-c2ccccc2)c2c1oc1ccc([N+]#[C-])cc12. The van der Waals surface area contributed by atoms with Crippen LogP contribution in [0.5, 0.6) is 0 Å². The summed E-state index contributed by atoms with van der Waals surface area (Å²) in [4.78, 5) is 3.61. The van der Waals surface area contributed by atoms with Gasteiger partial charge in [-0.05, 0) is 66.5 Å². The van der Waals surface area contributed by atoms with Crippen LogP contribution in [0, 0.1) is 33.2 Å². The van der Waals surface area contributed by atoms with Crippen molar-refractivity contribution in [2.24, 2.45) is 13.0 Å². The molecular formula is C32H31N2O+. The van der Waals surface area contributed by atoms with Crippen LogP contribution in [0.3, 0.4) is 0 Å². The maximum atomic E-state index is 9.39. The summed E-state index contributed by atoms with van der Waals surface area (Å²) in [5.74, 6) is -0.576. The lowest BCUT2D eigenvalue weighted by Crippen LogP contribution is -2.36. The Labute approximate surface area is 215 Å². The standard InChI is InChI=1S/C32H31N2O/c1-19(2)15-24-17-28(34(7)22(5)21(24)4)30-20(3)16-26(23-11-9-8-10-12-23)31-27-18-25(33-6)13-14-29(27)35-32(30)31/h8-14,16-19H,15H2,1-5,7H3/q+1/i4D3,15D2,17D. The third-order valence-corrected chi connectivity index (χ3v) is 6.50. The number of pyridine rings is 1. The first-order valence-corrected chi connectivity index (χ1v) is 11.7. The second-order valence-electron chi connectivity index (χ2n) is 9.25. The Kier molecular flexibility index (Phi) is 4.15. The fourth-order valence-corrected chi connectivity index (χ4v) is 4.69. The van der Waals surface area contributed by atoms with Crippen LogP contribution in [-0.2, 0) is 13.4 Å². The minimum absolute atomic E-state index is 0.121. The molecule has 0 atom stereocenters. The molecule has 0 bridgehead atoms. The molecule has 0 aliphatic heterocycles. The van der Waals surface area contributed by atoms with Crippen LogP contribution >= 0.6 is 0 Å². The summed E-state index contributed by atoms with van der Waals surface area (Å²) in [5.41, 5.74) is 5.30. The van der Waals surface area contributed by atoms with Gasteiger partial charge in [-0.1, -0.05) is 50.2 Å². The first kappa shape index (κ1) is 16.7. The van der Waals surface area contributed by atoms with E-state index >= 15 is 0 Å². The van der Waals surface area contributed by atoms with Gasteiger partial charge < -0.3 is 4.42 Å². The zero-order valence-electron chi connectivity index (χ0n) is 26.6. The highest BCUT2D eigenvalue weighted by Gasteiger charge is 2.26. The molecule has 0 saturated heterocycles. The molecule has 0 amide bonds. The molecule has 35 heavy (non-hydrogen) atoms. The third kappa shape index (κ3) is 3.80. The quantitative estimate of drug-likeness (QED) is 0.193. The molecule has 0 aliphatic carbocycles. The van der Waals surface area contributed by atoms with Gasteiger partial charge >= 0.3 is 0 Å². The summed E-state index contributed by atoms with van der Waals surface area (Å²) < 4.78 is 60.3. The normalized spacial score (nSPS) is 14.8. The Morgan fingerprint density at radius 2 is 1.91 bits per heavy atom. The molecule has 5 rings (SSSR count). The molecule has 0 saturated carbocycles. The second kappa shape index (κ2) is 8.71. The molecule has 3 aromatic carbocycles. The summed E-state index contributed by atoms with van der Waals surface area (Å²) >= 11 is 0. The topological polar surface area (TPSA) is 21.4 Å². The third-order valence-electron chi connectivity index (χ3n) is 6.50. The molecule has 0 fully saturated rings. The zero-order chi connectivity index (χ0) is 30.0. The molecule has 2 aromatic heterocycles. The van der Waals surface area contributed by atoms with E-state index < -0.39 is 19.1 Å². The Hall–Kier alpha value is -3.90. The highest BCUT2D eigenvalue weighted by Crippen LogP contribution is 2.44. The minimum Gasteiger partial charge on any atom is -0.455 e. The van der Waals surface area contributed by atoms with Crippen LogP contribution in [-0.4, -0.2) is 0 Å². The van der Waals surface area contributed by atoms with E-state index in [2.05, 4.69) is 4.85 Å². The van der Waals surface area contributed by atoms with E-state index in [1.54, 1.807) is 50.6 Å². The molecule has 0 aliphatic rings. The van der Waals surface area contributed by atoms with Crippen molar-refractivity contribution in [2.75, 3.05) is 0 Å². The first-order chi connectivity index (χ1) is 19.2. The van der Waals surface area contributed by atoms with Gasteiger partial charge in [-0.25, -0.2) is 4.85 Å². The smallest absolute Gasteiger partial charge is 0.216 e. The van der Waals surface area contributed by atoms with E-state index in [4.69, 9.17) is 17.8 Å². The number of rotatable bonds is 4. The lowest BCUT2D eigenvalue weighted by molar-refractivity contribution is -0.667. The Balaban J connectivity index is 2.01. The van der Waals surface area contributed by atoms with E-state index in [0.29, 0.717) is 33.8 Å². The molecule has 174 valence electrons. The molecule has 0 unspecified atom stereocenters. The van der Waals surface area contributed by atoms with Gasteiger partial charge in [0.15, 0.2) is 11.4 Å². The van der Waals surface area contributed by atoms with Crippen LogP contribution in [0.25, 0.3) is 49.2 Å². The van der Waals surface area contributed by atoms with Crippen molar-refractivity contribution in [3.05, 3.63) is 94.4 Å². The van der Waals surface area contributed by atoms with Gasteiger partial charge in [-0.2, -0.15) is 4.57 Å². The van der Waals surface area contributed by atoms with Crippen molar-refractivity contribution in [1.82, 2.24) is 0 Å². The van der Waals surface area contributed by atoms with Crippen molar-refractivity contribution >= 4 is 27.6 Å². The summed E-state index contributed by atoms with van der Waals surface area (Å²) in [6.45, 7) is 11.9. The van der Waals surface area contributed by atoms with E-state index in [9.17, 15) is 1.37 Å². The zero-order valence-corrected chi connectivity index (χ0v) is 20.6. The molecule has 2 heterocycles. The summed E-state index contributed by atoms with van der Waals surface area (Å²) in [5, 5.41) is 1.54. The maximum absolute atomic E-state index is 9.39. The van der Waals surface area contributed by atoms with Gasteiger partial charge in [-0.15, -0.1) is 0 Å². The van der Waals surface area contributed by atoms with Crippen LogP contribution in [0.4, 0.5) is 5.69 Å². The number of hydrogen-bond acceptors (Lipinski definition) is 1. The van der Waals surface area contributed by atoms with Crippen LogP contribution in [0.2, 0.25) is 0 Å². The number of aromatic nitrogens is 1. The predicted octanol–water partition coefficient (Wildman–Crippen LogP) is 8.42. The predicted molar refractivity (Wildman–Crippen MR) is 145 cm³/mol. The molecule has 0 N–H and O–H groups in total. The molecule has 3 heteroatoms. The van der Waals surface area contributed by atoms with E-state index in [-0.39, 0.29) is 17.2 Å². The lowest BCUT2D eigenvalue weighted by Gasteiger charge is -2.15. The van der Waals surface area contributed by atoms with Gasteiger partial charge in [0.05, 0.1) is 13.5 Å². The Morgan fingerprint density at radius 1 is 1.14 bits per heavy atom. The number of aryl methyl sites for hydroxylation is 1. The fourth-order valence-electron chi connectivity index (χ4n) is 4.69. The molecule has 0 radical (unpaired) electrons. The highest BCUT2D eigenvalue weighted by molar-refractivity contribution is 6.17. The maximum Gasteiger partial charge on any atom is 0.216 e. The monoisotopic (exact) mass is 465 g/mol. The van der Waals surface area contributed by atoms with Crippen molar-refractivity contribution in [2.45, 2.75) is 40.9 Å². The average molecular weight is 466 g/mol. The van der Waals surface area contributed by atoms with Gasteiger partial charge in [0.25, 0.3) is 0 Å². The van der Waals surface area contributed by atoms with Gasteiger partial charge in [0.1, 0.15) is 18.2 Å². The number of fused-ring (bicyclic) bond motifs is 3. The number of benzene rings is 3. The first-order valence-electron chi connectivity index (χ1n) is 14.7. The van der Waals surface area contributed by atoms with Gasteiger partial charge in [0, 0.05) is 36.2 Å². The van der Waals surface area contributed by atoms with Gasteiger partial charge in [-0.3, -0.25) is 0 Å². The number of furan rings is 1. The summed E-state index contributed by atoms with van der Waals surface area (Å²) in [6.07, 6.45) is -2.08. The number of nitrogens with zero attached hydrogens (tertiary/aromatic N) is 2. The van der Waals surface area contributed by atoms with Crippen LogP contribution in [0.1, 0.15) is 44.5 Å². The van der Waals surface area contributed by atoms with Crippen molar-refractivity contribution < 1.29 is 17.2 Å². The van der Waals surface area contributed by atoms with E-state index in [1.807, 2.05) is 43.3 Å². The van der Waals surface area contributed by atoms with E-state index in [0.717, 1.165) is 27.5 Å². The molecule has 3 nitrogen and oxygen atoms in total. The summed E-state index contributed by atoms with van der Waals surface area (Å²) in [7, 11) is 1.71. The molecule has 5 aromatic rings. The highest BCUT2D eigenvalue weighted by atomic mass is 16.3. The Morgan fingerprint density at radius 3 is 2.60 bits per heavy atom. The van der Waals surface area contributed by atoms with Crippen LogP contribution in [0.15, 0.2) is 65.1 Å². The van der Waals surface area contributed by atoms with Gasteiger partial charge in [0.2, 0.25) is 5.69 Å². The largest absolute Gasteiger partial charge is 0.455 e. The molecular weight excluding hydrogens is 428 g/mol. The van der Waals surface area contributed by atoms with Crippen molar-refractivity contribution in [1.29, 1.82) is 0 Å². The van der Waals surface area contributed by atoms with Crippen molar-refractivity contribution in [3.8, 4) is 22.4 Å². The van der Waals surface area contributed by atoms with Crippen molar-refractivity contribution in [3.63, 3.8) is 0 Å². The fraction of sp³-hybridized carbons (Fsp3) is 0.250. The minimum atomic E-state index is -2.62.